The third-order valence-electron chi connectivity index (χ3n) is 3.18. The van der Waals surface area contributed by atoms with E-state index in [9.17, 15) is 5.11 Å². The standard InChI is InChI=1S/C14H21NO2/c1-12-4-6-14(7-5-12)17-10-9-15-8-2-3-13(16)11-15/h4-7,13,16H,2-3,8-11H2,1H3. The number of aliphatic hydroxyl groups excluding tert-OH is 1. The molecule has 1 aliphatic heterocycles. The lowest BCUT2D eigenvalue weighted by Crippen LogP contribution is -2.40. The Bertz CT molecular complexity index is 337. The molecule has 3 nitrogen and oxygen atoms in total. The first kappa shape index (κ1) is 12.4. The molecule has 3 heteroatoms. The second-order valence-corrected chi connectivity index (χ2v) is 4.76. The summed E-state index contributed by atoms with van der Waals surface area (Å²) in [6, 6.07) is 8.11. The average Bonchev–Trinajstić information content (AvgIpc) is 2.32. The molecular weight excluding hydrogens is 214 g/mol. The number of ether oxygens (including phenoxy) is 1. The van der Waals surface area contributed by atoms with Crippen molar-refractivity contribution in [1.29, 1.82) is 0 Å². The SMILES string of the molecule is Cc1ccc(OCCN2CCCC(O)C2)cc1. The van der Waals surface area contributed by atoms with Crippen LogP contribution in [-0.2, 0) is 0 Å². The molecule has 0 aromatic heterocycles. The fourth-order valence-electron chi connectivity index (χ4n) is 2.16. The van der Waals surface area contributed by atoms with Gasteiger partial charge in [-0.15, -0.1) is 0 Å². The highest BCUT2D eigenvalue weighted by atomic mass is 16.5. The molecular formula is C14H21NO2. The first-order valence-corrected chi connectivity index (χ1v) is 6.34. The van der Waals surface area contributed by atoms with Gasteiger partial charge in [0.15, 0.2) is 0 Å². The van der Waals surface area contributed by atoms with Crippen molar-refractivity contribution in [3.8, 4) is 5.75 Å². The zero-order chi connectivity index (χ0) is 12.1. The molecule has 1 saturated heterocycles. The van der Waals surface area contributed by atoms with Crippen molar-refractivity contribution in [2.24, 2.45) is 0 Å². The molecule has 0 amide bonds. The predicted octanol–water partition coefficient (Wildman–Crippen LogP) is 1.83. The highest BCUT2D eigenvalue weighted by molar-refractivity contribution is 5.26. The van der Waals surface area contributed by atoms with E-state index in [1.165, 1.54) is 5.56 Å². The topological polar surface area (TPSA) is 32.7 Å². The molecule has 0 radical (unpaired) electrons. The second kappa shape index (κ2) is 6.03. The lowest BCUT2D eigenvalue weighted by atomic mass is 10.1. The highest BCUT2D eigenvalue weighted by Crippen LogP contribution is 2.12. The number of benzene rings is 1. The van der Waals surface area contributed by atoms with E-state index >= 15 is 0 Å². The Morgan fingerprint density at radius 2 is 2.12 bits per heavy atom. The minimum Gasteiger partial charge on any atom is -0.492 e. The summed E-state index contributed by atoms with van der Waals surface area (Å²) in [5.74, 6) is 0.924. The van der Waals surface area contributed by atoms with E-state index in [2.05, 4.69) is 24.0 Å². The van der Waals surface area contributed by atoms with Crippen LogP contribution in [0.2, 0.25) is 0 Å². The summed E-state index contributed by atoms with van der Waals surface area (Å²) in [5.41, 5.74) is 1.25. The molecule has 1 aromatic rings. The fraction of sp³-hybridized carbons (Fsp3) is 0.571. The summed E-state index contributed by atoms with van der Waals surface area (Å²) in [4.78, 5) is 2.27. The van der Waals surface area contributed by atoms with Gasteiger partial charge >= 0.3 is 0 Å². The lowest BCUT2D eigenvalue weighted by molar-refractivity contribution is 0.0633. The molecule has 0 bridgehead atoms. The molecule has 1 aliphatic rings. The van der Waals surface area contributed by atoms with Crippen LogP contribution in [0.1, 0.15) is 18.4 Å². The summed E-state index contributed by atoms with van der Waals surface area (Å²) in [5, 5.41) is 9.54. The van der Waals surface area contributed by atoms with E-state index in [0.717, 1.165) is 38.2 Å². The van der Waals surface area contributed by atoms with Crippen molar-refractivity contribution in [2.75, 3.05) is 26.2 Å². The molecule has 1 atom stereocenters. The van der Waals surface area contributed by atoms with Gasteiger partial charge in [0.1, 0.15) is 12.4 Å². The van der Waals surface area contributed by atoms with Gasteiger partial charge in [-0.3, -0.25) is 4.90 Å². The maximum Gasteiger partial charge on any atom is 0.119 e. The van der Waals surface area contributed by atoms with E-state index in [1.807, 2.05) is 12.1 Å². The second-order valence-electron chi connectivity index (χ2n) is 4.76. The highest BCUT2D eigenvalue weighted by Gasteiger charge is 2.16. The first-order chi connectivity index (χ1) is 8.24. The molecule has 2 rings (SSSR count). The maximum atomic E-state index is 9.54. The van der Waals surface area contributed by atoms with Gasteiger partial charge in [0.25, 0.3) is 0 Å². The fourth-order valence-corrected chi connectivity index (χ4v) is 2.16. The Hall–Kier alpha value is -1.06. The summed E-state index contributed by atoms with van der Waals surface area (Å²) in [7, 11) is 0. The van der Waals surface area contributed by atoms with Gasteiger partial charge in [0, 0.05) is 13.1 Å². The van der Waals surface area contributed by atoms with Gasteiger partial charge in [-0.2, -0.15) is 0 Å². The largest absolute Gasteiger partial charge is 0.492 e. The zero-order valence-corrected chi connectivity index (χ0v) is 10.4. The summed E-state index contributed by atoms with van der Waals surface area (Å²) >= 11 is 0. The number of piperidine rings is 1. The normalized spacial score (nSPS) is 21.4. The molecule has 0 spiro atoms. The quantitative estimate of drug-likeness (QED) is 0.864. The van der Waals surface area contributed by atoms with E-state index in [1.54, 1.807) is 0 Å². The molecule has 17 heavy (non-hydrogen) atoms. The van der Waals surface area contributed by atoms with Gasteiger partial charge in [-0.25, -0.2) is 0 Å². The average molecular weight is 235 g/mol. The number of hydrogen-bond donors (Lipinski definition) is 1. The van der Waals surface area contributed by atoms with E-state index < -0.39 is 0 Å². The zero-order valence-electron chi connectivity index (χ0n) is 10.4. The Morgan fingerprint density at radius 1 is 1.35 bits per heavy atom. The number of rotatable bonds is 4. The summed E-state index contributed by atoms with van der Waals surface area (Å²) < 4.78 is 5.68. The van der Waals surface area contributed by atoms with Crippen molar-refractivity contribution in [1.82, 2.24) is 4.90 Å². The van der Waals surface area contributed by atoms with Crippen molar-refractivity contribution in [3.63, 3.8) is 0 Å². The third kappa shape index (κ3) is 4.02. The Balaban J connectivity index is 1.70. The molecule has 0 saturated carbocycles. The van der Waals surface area contributed by atoms with Gasteiger partial charge in [-0.05, 0) is 38.4 Å². The third-order valence-corrected chi connectivity index (χ3v) is 3.18. The van der Waals surface area contributed by atoms with Crippen LogP contribution in [0.5, 0.6) is 5.75 Å². The minimum absolute atomic E-state index is 0.150. The molecule has 1 aromatic carbocycles. The van der Waals surface area contributed by atoms with Crippen LogP contribution in [0.3, 0.4) is 0 Å². The van der Waals surface area contributed by atoms with Gasteiger partial charge in [0.05, 0.1) is 6.10 Å². The van der Waals surface area contributed by atoms with E-state index in [4.69, 9.17) is 4.74 Å². The van der Waals surface area contributed by atoms with Crippen LogP contribution in [0, 0.1) is 6.92 Å². The van der Waals surface area contributed by atoms with Crippen LogP contribution >= 0.6 is 0 Å². The number of β-amino-alcohol motifs (C(OH)–C–C–N with tert-alkyl or cyclic N) is 1. The van der Waals surface area contributed by atoms with Gasteiger partial charge in [0.2, 0.25) is 0 Å². The molecule has 1 N–H and O–H groups in total. The van der Waals surface area contributed by atoms with E-state index in [-0.39, 0.29) is 6.10 Å². The van der Waals surface area contributed by atoms with E-state index in [0.29, 0.717) is 6.61 Å². The van der Waals surface area contributed by atoms with Gasteiger partial charge in [-0.1, -0.05) is 17.7 Å². The van der Waals surface area contributed by atoms with Crippen molar-refractivity contribution < 1.29 is 9.84 Å². The first-order valence-electron chi connectivity index (χ1n) is 6.34. The molecule has 0 aliphatic carbocycles. The minimum atomic E-state index is -0.150. The Labute approximate surface area is 103 Å². The van der Waals surface area contributed by atoms with Crippen molar-refractivity contribution in [3.05, 3.63) is 29.8 Å². The lowest BCUT2D eigenvalue weighted by Gasteiger charge is -2.29. The van der Waals surface area contributed by atoms with Crippen LogP contribution in [-0.4, -0.2) is 42.4 Å². The smallest absolute Gasteiger partial charge is 0.119 e. The monoisotopic (exact) mass is 235 g/mol. The predicted molar refractivity (Wildman–Crippen MR) is 68.4 cm³/mol. The molecule has 1 unspecified atom stereocenters. The van der Waals surface area contributed by atoms with Crippen LogP contribution in [0.4, 0.5) is 0 Å². The number of aryl methyl sites for hydroxylation is 1. The number of nitrogens with zero attached hydrogens (tertiary/aromatic N) is 1. The van der Waals surface area contributed by atoms with Crippen molar-refractivity contribution in [2.45, 2.75) is 25.9 Å². The van der Waals surface area contributed by atoms with Gasteiger partial charge < -0.3 is 9.84 Å². The van der Waals surface area contributed by atoms with Crippen LogP contribution in [0.15, 0.2) is 24.3 Å². The Morgan fingerprint density at radius 3 is 2.82 bits per heavy atom. The number of aliphatic hydroxyl groups is 1. The summed E-state index contributed by atoms with van der Waals surface area (Å²) in [6.07, 6.45) is 1.88. The van der Waals surface area contributed by atoms with Crippen LogP contribution < -0.4 is 4.74 Å². The Kier molecular flexibility index (Phi) is 4.40. The number of hydrogen-bond acceptors (Lipinski definition) is 3. The molecule has 1 heterocycles. The summed E-state index contributed by atoms with van der Waals surface area (Å²) in [6.45, 7) is 5.52. The molecule has 94 valence electrons. The molecule has 1 fully saturated rings. The van der Waals surface area contributed by atoms with Crippen LogP contribution in [0.25, 0.3) is 0 Å². The van der Waals surface area contributed by atoms with Crippen molar-refractivity contribution >= 4 is 0 Å². The number of likely N-dealkylation sites (tertiary alicyclic amines) is 1. The maximum absolute atomic E-state index is 9.54.